The Kier molecular flexibility index (Phi) is 6.70. The molecular weight excluding hydrogens is 366 g/mol. The molecule has 0 spiro atoms. The molecule has 1 amide bonds. The van der Waals surface area contributed by atoms with E-state index in [9.17, 15) is 9.59 Å². The number of amides is 1. The molecule has 5 heteroatoms. The van der Waals surface area contributed by atoms with Gasteiger partial charge in [-0.1, -0.05) is 54.1 Å². The van der Waals surface area contributed by atoms with E-state index in [0.717, 1.165) is 23.1 Å². The van der Waals surface area contributed by atoms with E-state index in [1.54, 1.807) is 4.90 Å². The molecule has 0 atom stereocenters. The molecular formula is C24H27NO4. The van der Waals surface area contributed by atoms with Gasteiger partial charge in [-0.3, -0.25) is 4.79 Å². The third kappa shape index (κ3) is 5.47. The summed E-state index contributed by atoms with van der Waals surface area (Å²) >= 11 is 0. The predicted octanol–water partition coefficient (Wildman–Crippen LogP) is 3.85. The number of aryl methyl sites for hydroxylation is 3. The molecule has 0 bridgehead atoms. The molecule has 2 aromatic rings. The number of ether oxygens (including phenoxy) is 2. The summed E-state index contributed by atoms with van der Waals surface area (Å²) in [4.78, 5) is 26.0. The van der Waals surface area contributed by atoms with Crippen molar-refractivity contribution in [3.63, 3.8) is 0 Å². The zero-order valence-corrected chi connectivity index (χ0v) is 17.2. The summed E-state index contributed by atoms with van der Waals surface area (Å²) < 4.78 is 10.7. The van der Waals surface area contributed by atoms with Crippen molar-refractivity contribution in [2.45, 2.75) is 27.2 Å². The van der Waals surface area contributed by atoms with Gasteiger partial charge in [0.05, 0.1) is 0 Å². The van der Waals surface area contributed by atoms with Crippen LogP contribution in [0.25, 0.3) is 5.57 Å². The Bertz CT molecular complexity index is 895. The lowest BCUT2D eigenvalue weighted by atomic mass is 10.00. The average molecular weight is 393 g/mol. The van der Waals surface area contributed by atoms with Gasteiger partial charge >= 0.3 is 5.97 Å². The van der Waals surface area contributed by atoms with Crippen molar-refractivity contribution in [2.24, 2.45) is 0 Å². The zero-order chi connectivity index (χ0) is 20.8. The fourth-order valence-electron chi connectivity index (χ4n) is 3.61. The van der Waals surface area contributed by atoms with E-state index in [1.807, 2.05) is 51.1 Å². The van der Waals surface area contributed by atoms with Crippen LogP contribution in [0, 0.1) is 20.8 Å². The summed E-state index contributed by atoms with van der Waals surface area (Å²) in [6, 6.07) is 14.2. The SMILES string of the molecule is Cc1cc(C)c(OCC(=O)OCC(=O)N2CC=C(c3ccccc3)CC2)c(C)c1. The number of hydrogen-bond acceptors (Lipinski definition) is 4. The van der Waals surface area contributed by atoms with E-state index in [2.05, 4.69) is 18.2 Å². The number of esters is 1. The highest BCUT2D eigenvalue weighted by Gasteiger charge is 2.19. The Hall–Kier alpha value is -3.08. The Balaban J connectivity index is 1.45. The first-order valence-electron chi connectivity index (χ1n) is 9.82. The van der Waals surface area contributed by atoms with Crippen molar-refractivity contribution >= 4 is 17.4 Å². The average Bonchev–Trinajstić information content (AvgIpc) is 2.72. The normalized spacial score (nSPS) is 13.6. The molecule has 0 aliphatic carbocycles. The van der Waals surface area contributed by atoms with Gasteiger partial charge in [-0.2, -0.15) is 0 Å². The molecule has 152 valence electrons. The third-order valence-corrected chi connectivity index (χ3v) is 5.00. The van der Waals surface area contributed by atoms with Crippen molar-refractivity contribution in [1.82, 2.24) is 4.90 Å². The Morgan fingerprint density at radius 1 is 1.00 bits per heavy atom. The molecule has 0 saturated carbocycles. The second-order valence-electron chi connectivity index (χ2n) is 7.36. The van der Waals surface area contributed by atoms with Gasteiger partial charge in [-0.25, -0.2) is 4.79 Å². The number of hydrogen-bond donors (Lipinski definition) is 0. The second-order valence-corrected chi connectivity index (χ2v) is 7.36. The summed E-state index contributed by atoms with van der Waals surface area (Å²) in [7, 11) is 0. The van der Waals surface area contributed by atoms with Gasteiger partial charge in [-0.15, -0.1) is 0 Å². The van der Waals surface area contributed by atoms with Crippen LogP contribution in [0.2, 0.25) is 0 Å². The Morgan fingerprint density at radius 3 is 2.31 bits per heavy atom. The monoisotopic (exact) mass is 393 g/mol. The van der Waals surface area contributed by atoms with Crippen LogP contribution < -0.4 is 4.74 Å². The first-order valence-corrected chi connectivity index (χ1v) is 9.82. The van der Waals surface area contributed by atoms with Crippen LogP contribution in [-0.4, -0.2) is 43.1 Å². The number of rotatable bonds is 6. The molecule has 0 N–H and O–H groups in total. The van der Waals surface area contributed by atoms with Gasteiger partial charge in [0.1, 0.15) is 5.75 Å². The molecule has 0 unspecified atom stereocenters. The minimum atomic E-state index is -0.546. The van der Waals surface area contributed by atoms with Crippen molar-refractivity contribution < 1.29 is 19.1 Å². The molecule has 2 aromatic carbocycles. The Labute approximate surface area is 171 Å². The van der Waals surface area contributed by atoms with Gasteiger partial charge in [-0.05, 0) is 49.5 Å². The summed E-state index contributed by atoms with van der Waals surface area (Å²) in [5.41, 5.74) is 5.52. The molecule has 1 aliphatic heterocycles. The van der Waals surface area contributed by atoms with Crippen molar-refractivity contribution in [1.29, 1.82) is 0 Å². The quantitative estimate of drug-likeness (QED) is 0.700. The fourth-order valence-corrected chi connectivity index (χ4v) is 3.61. The maximum atomic E-state index is 12.3. The largest absolute Gasteiger partial charge is 0.481 e. The van der Waals surface area contributed by atoms with E-state index >= 15 is 0 Å². The van der Waals surface area contributed by atoms with Gasteiger partial charge in [0.15, 0.2) is 13.2 Å². The topological polar surface area (TPSA) is 55.8 Å². The molecule has 0 fully saturated rings. The third-order valence-electron chi connectivity index (χ3n) is 5.00. The molecule has 0 aromatic heterocycles. The lowest BCUT2D eigenvalue weighted by molar-refractivity contribution is -0.153. The fraction of sp³-hybridized carbons (Fsp3) is 0.333. The highest BCUT2D eigenvalue weighted by atomic mass is 16.6. The molecule has 1 heterocycles. The number of nitrogens with zero attached hydrogens (tertiary/aromatic N) is 1. The van der Waals surface area contributed by atoms with E-state index < -0.39 is 5.97 Å². The Morgan fingerprint density at radius 2 is 1.69 bits per heavy atom. The highest BCUT2D eigenvalue weighted by Crippen LogP contribution is 2.24. The molecule has 0 radical (unpaired) electrons. The predicted molar refractivity (Wildman–Crippen MR) is 113 cm³/mol. The summed E-state index contributed by atoms with van der Waals surface area (Å²) in [6.07, 6.45) is 2.85. The van der Waals surface area contributed by atoms with Crippen LogP contribution in [0.4, 0.5) is 0 Å². The summed E-state index contributed by atoms with van der Waals surface area (Å²) in [5, 5.41) is 0. The van der Waals surface area contributed by atoms with E-state index in [1.165, 1.54) is 11.1 Å². The second kappa shape index (κ2) is 9.41. The van der Waals surface area contributed by atoms with E-state index in [0.29, 0.717) is 18.8 Å². The van der Waals surface area contributed by atoms with Crippen molar-refractivity contribution in [3.05, 3.63) is 70.8 Å². The lowest BCUT2D eigenvalue weighted by Crippen LogP contribution is -2.38. The van der Waals surface area contributed by atoms with Crippen LogP contribution in [0.5, 0.6) is 5.75 Å². The number of benzene rings is 2. The van der Waals surface area contributed by atoms with Crippen LogP contribution in [0.15, 0.2) is 48.5 Å². The number of carbonyl (C=O) groups is 2. The van der Waals surface area contributed by atoms with Crippen molar-refractivity contribution in [3.8, 4) is 5.75 Å². The minimum absolute atomic E-state index is 0.190. The van der Waals surface area contributed by atoms with Crippen LogP contribution in [-0.2, 0) is 14.3 Å². The first-order chi connectivity index (χ1) is 13.9. The standard InChI is InChI=1S/C24H27NO4/c1-17-13-18(2)24(19(3)14-17)29-16-23(27)28-15-22(26)25-11-9-21(10-12-25)20-7-5-4-6-8-20/h4-9,13-14H,10-12,15-16H2,1-3H3. The van der Waals surface area contributed by atoms with Crippen LogP contribution in [0.1, 0.15) is 28.7 Å². The minimum Gasteiger partial charge on any atom is -0.481 e. The van der Waals surface area contributed by atoms with Crippen LogP contribution >= 0.6 is 0 Å². The lowest BCUT2D eigenvalue weighted by Gasteiger charge is -2.26. The van der Waals surface area contributed by atoms with Crippen LogP contribution in [0.3, 0.4) is 0 Å². The first kappa shape index (κ1) is 20.6. The molecule has 29 heavy (non-hydrogen) atoms. The maximum absolute atomic E-state index is 12.3. The number of carbonyl (C=O) groups excluding carboxylic acids is 2. The summed E-state index contributed by atoms with van der Waals surface area (Å²) in [6.45, 7) is 6.57. The zero-order valence-electron chi connectivity index (χ0n) is 17.2. The molecule has 5 nitrogen and oxygen atoms in total. The summed E-state index contributed by atoms with van der Waals surface area (Å²) in [5.74, 6) is -0.0480. The molecule has 0 saturated heterocycles. The van der Waals surface area contributed by atoms with Gasteiger partial charge in [0, 0.05) is 13.1 Å². The van der Waals surface area contributed by atoms with Gasteiger partial charge in [0.25, 0.3) is 5.91 Å². The van der Waals surface area contributed by atoms with E-state index in [4.69, 9.17) is 9.47 Å². The van der Waals surface area contributed by atoms with E-state index in [-0.39, 0.29) is 19.1 Å². The molecule has 3 rings (SSSR count). The van der Waals surface area contributed by atoms with Crippen molar-refractivity contribution in [2.75, 3.05) is 26.3 Å². The van der Waals surface area contributed by atoms with Gasteiger partial charge in [0.2, 0.25) is 0 Å². The smallest absolute Gasteiger partial charge is 0.344 e. The van der Waals surface area contributed by atoms with Gasteiger partial charge < -0.3 is 14.4 Å². The maximum Gasteiger partial charge on any atom is 0.344 e. The highest BCUT2D eigenvalue weighted by molar-refractivity contribution is 5.82. The molecule has 1 aliphatic rings.